The van der Waals surface area contributed by atoms with Crippen LogP contribution in [0.3, 0.4) is 0 Å². The summed E-state index contributed by atoms with van der Waals surface area (Å²) in [6.45, 7) is 1.30. The molecule has 1 amide bonds. The van der Waals surface area contributed by atoms with Gasteiger partial charge in [0.15, 0.2) is 11.8 Å². The number of hydrogen-bond donors (Lipinski definition) is 1. The second-order valence-electron chi connectivity index (χ2n) is 7.37. The number of carbonyl (C=O) groups excluding carboxylic acids is 2. The number of aromatic nitrogens is 2. The standard InChI is InChI=1S/C24H17ClF3N3O3S/c1-14(22(32)29-18-12-15(24(26,27)28)9-10-17(18)25)34-23(33)20-13-19(21-8-5-11-35-21)30-31(20)16-6-3-2-4-7-16/h2-14H,1H3,(H,29,32)/t14-/m1/s1. The fraction of sp³-hybridized carbons (Fsp3) is 0.125. The number of hydrogen-bond acceptors (Lipinski definition) is 5. The Bertz CT molecular complexity index is 1360. The molecule has 0 saturated carbocycles. The van der Waals surface area contributed by atoms with E-state index < -0.39 is 29.7 Å². The number of halogens is 4. The number of nitrogens with zero attached hydrogens (tertiary/aromatic N) is 2. The SMILES string of the molecule is C[C@@H](OC(=O)c1cc(-c2cccs2)nn1-c1ccccc1)C(=O)Nc1cc(C(F)(F)F)ccc1Cl. The van der Waals surface area contributed by atoms with Crippen molar-refractivity contribution in [2.75, 3.05) is 5.32 Å². The molecule has 0 fully saturated rings. The Morgan fingerprint density at radius 2 is 1.83 bits per heavy atom. The second kappa shape index (κ2) is 9.93. The number of para-hydroxylation sites is 1. The normalized spacial score (nSPS) is 12.3. The van der Waals surface area contributed by atoms with Gasteiger partial charge < -0.3 is 10.1 Å². The van der Waals surface area contributed by atoms with Crippen LogP contribution in [0.15, 0.2) is 72.1 Å². The van der Waals surface area contributed by atoms with Gasteiger partial charge in [0, 0.05) is 6.07 Å². The molecule has 0 aliphatic carbocycles. The maximum atomic E-state index is 13.0. The molecule has 4 aromatic rings. The summed E-state index contributed by atoms with van der Waals surface area (Å²) in [7, 11) is 0. The smallest absolute Gasteiger partial charge is 0.416 e. The molecule has 0 radical (unpaired) electrons. The minimum absolute atomic E-state index is 0.0800. The van der Waals surface area contributed by atoms with E-state index >= 15 is 0 Å². The highest BCUT2D eigenvalue weighted by molar-refractivity contribution is 7.13. The number of alkyl halides is 3. The van der Waals surface area contributed by atoms with Gasteiger partial charge in [-0.25, -0.2) is 9.48 Å². The first-order valence-electron chi connectivity index (χ1n) is 10.2. The Kier molecular flexibility index (Phi) is 6.95. The van der Waals surface area contributed by atoms with E-state index in [9.17, 15) is 22.8 Å². The molecule has 0 aliphatic rings. The molecule has 6 nitrogen and oxygen atoms in total. The molecule has 0 saturated heterocycles. The fourth-order valence-electron chi connectivity index (χ4n) is 3.14. The molecule has 1 N–H and O–H groups in total. The first kappa shape index (κ1) is 24.5. The molecule has 2 aromatic carbocycles. The molecular formula is C24H17ClF3N3O3S. The quantitative estimate of drug-likeness (QED) is 0.297. The molecule has 180 valence electrons. The third kappa shape index (κ3) is 5.55. The summed E-state index contributed by atoms with van der Waals surface area (Å²) in [5.74, 6) is -1.68. The lowest BCUT2D eigenvalue weighted by Gasteiger charge is -2.16. The summed E-state index contributed by atoms with van der Waals surface area (Å²) < 4.78 is 45.7. The number of esters is 1. The van der Waals surface area contributed by atoms with Crippen LogP contribution in [0.4, 0.5) is 18.9 Å². The van der Waals surface area contributed by atoms with Gasteiger partial charge in [-0.2, -0.15) is 18.3 Å². The number of thiophene rings is 1. The first-order valence-corrected chi connectivity index (χ1v) is 11.5. The molecule has 0 aliphatic heterocycles. The molecule has 4 rings (SSSR count). The van der Waals surface area contributed by atoms with Gasteiger partial charge in [-0.15, -0.1) is 11.3 Å². The lowest BCUT2D eigenvalue weighted by Crippen LogP contribution is -2.30. The third-order valence-electron chi connectivity index (χ3n) is 4.90. The van der Waals surface area contributed by atoms with Crippen LogP contribution in [0.5, 0.6) is 0 Å². The predicted molar refractivity (Wildman–Crippen MR) is 127 cm³/mol. The molecule has 0 unspecified atom stereocenters. The van der Waals surface area contributed by atoms with Crippen molar-refractivity contribution in [1.29, 1.82) is 0 Å². The van der Waals surface area contributed by atoms with Crippen LogP contribution >= 0.6 is 22.9 Å². The van der Waals surface area contributed by atoms with Gasteiger partial charge in [0.25, 0.3) is 5.91 Å². The summed E-state index contributed by atoms with van der Waals surface area (Å²) in [6.07, 6.45) is -5.95. The van der Waals surface area contributed by atoms with Gasteiger partial charge in [-0.05, 0) is 48.7 Å². The maximum Gasteiger partial charge on any atom is 0.416 e. The van der Waals surface area contributed by atoms with Gasteiger partial charge in [-0.1, -0.05) is 35.9 Å². The fourth-order valence-corrected chi connectivity index (χ4v) is 3.99. The highest BCUT2D eigenvalue weighted by Gasteiger charge is 2.31. The van der Waals surface area contributed by atoms with Crippen LogP contribution in [-0.4, -0.2) is 27.8 Å². The predicted octanol–water partition coefficient (Wildman–Crippen LogP) is 6.46. The number of benzene rings is 2. The Labute approximate surface area is 206 Å². The zero-order chi connectivity index (χ0) is 25.2. The molecule has 2 aromatic heterocycles. The van der Waals surface area contributed by atoms with Crippen molar-refractivity contribution in [3.8, 4) is 16.3 Å². The van der Waals surface area contributed by atoms with Crippen molar-refractivity contribution < 1.29 is 27.5 Å². The lowest BCUT2D eigenvalue weighted by molar-refractivity contribution is -0.137. The van der Waals surface area contributed by atoms with Crippen molar-refractivity contribution in [3.63, 3.8) is 0 Å². The van der Waals surface area contributed by atoms with Crippen LogP contribution in [0, 0.1) is 0 Å². The number of amides is 1. The van der Waals surface area contributed by atoms with Crippen molar-refractivity contribution in [2.24, 2.45) is 0 Å². The summed E-state index contributed by atoms with van der Waals surface area (Å²) in [5.41, 5.74) is 0.00790. The van der Waals surface area contributed by atoms with E-state index in [1.54, 1.807) is 30.3 Å². The van der Waals surface area contributed by atoms with Crippen molar-refractivity contribution >= 4 is 40.5 Å². The molecule has 2 heterocycles. The molecule has 35 heavy (non-hydrogen) atoms. The second-order valence-corrected chi connectivity index (χ2v) is 8.72. The molecule has 1 atom stereocenters. The van der Waals surface area contributed by atoms with Crippen LogP contribution in [0.1, 0.15) is 23.0 Å². The van der Waals surface area contributed by atoms with Crippen LogP contribution in [-0.2, 0) is 15.7 Å². The minimum Gasteiger partial charge on any atom is -0.448 e. The van der Waals surface area contributed by atoms with Crippen molar-refractivity contribution in [3.05, 3.63) is 88.4 Å². The average Bonchev–Trinajstić information content (AvgIpc) is 3.50. The topological polar surface area (TPSA) is 73.2 Å². The Morgan fingerprint density at radius 3 is 2.49 bits per heavy atom. The third-order valence-corrected chi connectivity index (χ3v) is 6.12. The number of ether oxygens (including phenoxy) is 1. The summed E-state index contributed by atoms with van der Waals surface area (Å²) >= 11 is 7.38. The van der Waals surface area contributed by atoms with Crippen LogP contribution in [0.25, 0.3) is 16.3 Å². The van der Waals surface area contributed by atoms with E-state index in [1.165, 1.54) is 22.9 Å². The van der Waals surface area contributed by atoms with Gasteiger partial charge in [0.2, 0.25) is 0 Å². The van der Waals surface area contributed by atoms with E-state index in [1.807, 2.05) is 23.6 Å². The Balaban J connectivity index is 1.55. The highest BCUT2D eigenvalue weighted by Crippen LogP contribution is 2.34. The van der Waals surface area contributed by atoms with Crippen molar-refractivity contribution in [1.82, 2.24) is 9.78 Å². The monoisotopic (exact) mass is 519 g/mol. The number of anilines is 1. The highest BCUT2D eigenvalue weighted by atomic mass is 35.5. The van der Waals surface area contributed by atoms with E-state index in [0.717, 1.165) is 17.0 Å². The summed E-state index contributed by atoms with van der Waals surface area (Å²) in [4.78, 5) is 26.4. The van der Waals surface area contributed by atoms with E-state index in [0.29, 0.717) is 17.4 Å². The number of carbonyl (C=O) groups is 2. The molecular weight excluding hydrogens is 503 g/mol. The zero-order valence-electron chi connectivity index (χ0n) is 18.0. The molecule has 0 spiro atoms. The van der Waals surface area contributed by atoms with Crippen LogP contribution in [0.2, 0.25) is 5.02 Å². The van der Waals surface area contributed by atoms with Gasteiger partial charge in [-0.3, -0.25) is 4.79 Å². The van der Waals surface area contributed by atoms with E-state index in [2.05, 4.69) is 10.4 Å². The molecule has 0 bridgehead atoms. The Hall–Kier alpha value is -3.63. The van der Waals surface area contributed by atoms with Crippen molar-refractivity contribution in [2.45, 2.75) is 19.2 Å². The zero-order valence-corrected chi connectivity index (χ0v) is 19.6. The summed E-state index contributed by atoms with van der Waals surface area (Å²) in [5, 5.41) is 8.58. The van der Waals surface area contributed by atoms with E-state index in [-0.39, 0.29) is 16.4 Å². The average molecular weight is 520 g/mol. The first-order chi connectivity index (χ1) is 16.6. The maximum absolute atomic E-state index is 13.0. The van der Waals surface area contributed by atoms with Gasteiger partial charge >= 0.3 is 12.1 Å². The largest absolute Gasteiger partial charge is 0.448 e. The lowest BCUT2D eigenvalue weighted by atomic mass is 10.2. The van der Waals surface area contributed by atoms with Gasteiger partial charge in [0.05, 0.1) is 26.8 Å². The van der Waals surface area contributed by atoms with Gasteiger partial charge in [0.1, 0.15) is 5.69 Å². The van der Waals surface area contributed by atoms with Crippen LogP contribution < -0.4 is 5.32 Å². The minimum atomic E-state index is -4.61. The number of nitrogens with one attached hydrogen (secondary N) is 1. The number of rotatable bonds is 6. The molecule has 11 heteroatoms. The summed E-state index contributed by atoms with van der Waals surface area (Å²) in [6, 6.07) is 16.7. The van der Waals surface area contributed by atoms with E-state index in [4.69, 9.17) is 16.3 Å². The Morgan fingerprint density at radius 1 is 1.09 bits per heavy atom.